The number of fused-ring (bicyclic) bond motifs is 1. The summed E-state index contributed by atoms with van der Waals surface area (Å²) in [5.74, 6) is 0.129. The average Bonchev–Trinajstić information content (AvgIpc) is 2.63. The summed E-state index contributed by atoms with van der Waals surface area (Å²) in [4.78, 5) is 14.6. The quantitative estimate of drug-likeness (QED) is 0.410. The summed E-state index contributed by atoms with van der Waals surface area (Å²) in [6, 6.07) is 7.24. The molecule has 3 nitrogen and oxygen atoms in total. The zero-order valence-electron chi connectivity index (χ0n) is 14.2. The van der Waals surface area contributed by atoms with Crippen molar-refractivity contribution in [3.63, 3.8) is 0 Å². The summed E-state index contributed by atoms with van der Waals surface area (Å²) in [7, 11) is -1.10. The number of alkyl halides is 1. The Hall–Kier alpha value is -0.653. The predicted octanol–water partition coefficient (Wildman–Crippen LogP) is 4.52. The molecule has 1 aliphatic heterocycles. The van der Waals surface area contributed by atoms with Crippen LogP contribution in [0, 0.1) is 0 Å². The Morgan fingerprint density at radius 3 is 2.55 bits per heavy atom. The van der Waals surface area contributed by atoms with E-state index in [4.69, 9.17) is 4.74 Å². The van der Waals surface area contributed by atoms with Gasteiger partial charge in [-0.1, -0.05) is 47.7 Å². The molecule has 2 rings (SSSR count). The summed E-state index contributed by atoms with van der Waals surface area (Å²) in [6.07, 6.45) is 0. The van der Waals surface area contributed by atoms with Crippen LogP contribution in [0.15, 0.2) is 18.2 Å². The van der Waals surface area contributed by atoms with Gasteiger partial charge in [-0.25, -0.2) is 0 Å². The van der Waals surface area contributed by atoms with Crippen LogP contribution in [-0.4, -0.2) is 27.3 Å². The third kappa shape index (κ3) is 3.47. The SMILES string of the molecule is CC1(C)C(=O)N(COCC[Si](C)(C)C)c2cccc(CBr)c21. The number of amides is 1. The first-order valence-electron chi connectivity index (χ1n) is 7.76. The molecule has 0 unspecified atom stereocenters. The molecule has 122 valence electrons. The molecular formula is C17H26BrNO2Si. The summed E-state index contributed by atoms with van der Waals surface area (Å²) >= 11 is 3.53. The van der Waals surface area contributed by atoms with Crippen LogP contribution >= 0.6 is 15.9 Å². The Labute approximate surface area is 143 Å². The first kappa shape index (κ1) is 17.7. The van der Waals surface area contributed by atoms with Crippen molar-refractivity contribution in [3.05, 3.63) is 29.3 Å². The van der Waals surface area contributed by atoms with Gasteiger partial charge in [-0.2, -0.15) is 0 Å². The fourth-order valence-corrected chi connectivity index (χ4v) is 4.08. The maximum absolute atomic E-state index is 12.8. The van der Waals surface area contributed by atoms with Gasteiger partial charge in [0.05, 0.1) is 11.1 Å². The monoisotopic (exact) mass is 383 g/mol. The lowest BCUT2D eigenvalue weighted by atomic mass is 9.83. The van der Waals surface area contributed by atoms with Gasteiger partial charge in [0, 0.05) is 20.0 Å². The topological polar surface area (TPSA) is 29.5 Å². The number of hydrogen-bond acceptors (Lipinski definition) is 2. The van der Waals surface area contributed by atoms with E-state index in [0.29, 0.717) is 6.73 Å². The van der Waals surface area contributed by atoms with Crippen LogP contribution in [0.5, 0.6) is 0 Å². The van der Waals surface area contributed by atoms with Crippen LogP contribution in [0.4, 0.5) is 5.69 Å². The number of carbonyl (C=O) groups excluding carboxylic acids is 1. The third-order valence-corrected chi connectivity index (χ3v) is 6.49. The van der Waals surface area contributed by atoms with E-state index in [-0.39, 0.29) is 5.91 Å². The molecule has 0 spiro atoms. The van der Waals surface area contributed by atoms with E-state index >= 15 is 0 Å². The Balaban J connectivity index is 2.16. The lowest BCUT2D eigenvalue weighted by Gasteiger charge is -2.21. The smallest absolute Gasteiger partial charge is 0.239 e. The second-order valence-electron chi connectivity index (χ2n) is 7.65. The molecular weight excluding hydrogens is 358 g/mol. The minimum Gasteiger partial charge on any atom is -0.361 e. The zero-order valence-corrected chi connectivity index (χ0v) is 16.8. The number of anilines is 1. The van der Waals surface area contributed by atoms with Crippen LogP contribution in [0.2, 0.25) is 25.7 Å². The highest BCUT2D eigenvalue weighted by atomic mass is 79.9. The van der Waals surface area contributed by atoms with Crippen LogP contribution in [-0.2, 0) is 20.3 Å². The Morgan fingerprint density at radius 1 is 1.27 bits per heavy atom. The largest absolute Gasteiger partial charge is 0.361 e. The van der Waals surface area contributed by atoms with E-state index in [0.717, 1.165) is 29.2 Å². The highest BCUT2D eigenvalue weighted by molar-refractivity contribution is 9.08. The van der Waals surface area contributed by atoms with Crippen LogP contribution in [0.3, 0.4) is 0 Å². The fraction of sp³-hybridized carbons (Fsp3) is 0.588. The van der Waals surface area contributed by atoms with Gasteiger partial charge in [0.1, 0.15) is 6.73 Å². The Morgan fingerprint density at radius 2 is 1.95 bits per heavy atom. The van der Waals surface area contributed by atoms with Crippen molar-refractivity contribution in [1.29, 1.82) is 0 Å². The molecule has 1 aromatic carbocycles. The van der Waals surface area contributed by atoms with Crippen molar-refractivity contribution in [2.45, 2.75) is 50.3 Å². The molecule has 1 aliphatic rings. The molecule has 1 aromatic rings. The van der Waals surface area contributed by atoms with E-state index in [9.17, 15) is 4.79 Å². The molecule has 0 saturated carbocycles. The van der Waals surface area contributed by atoms with Crippen molar-refractivity contribution < 1.29 is 9.53 Å². The van der Waals surface area contributed by atoms with E-state index in [1.807, 2.05) is 26.0 Å². The summed E-state index contributed by atoms with van der Waals surface area (Å²) in [6.45, 7) is 12.1. The number of hydrogen-bond donors (Lipinski definition) is 0. The van der Waals surface area contributed by atoms with Crippen LogP contribution in [0.1, 0.15) is 25.0 Å². The Kier molecular flexibility index (Phi) is 5.19. The highest BCUT2D eigenvalue weighted by Crippen LogP contribution is 2.43. The van der Waals surface area contributed by atoms with Crippen molar-refractivity contribution in [2.75, 3.05) is 18.2 Å². The molecule has 5 heteroatoms. The van der Waals surface area contributed by atoms with Gasteiger partial charge in [0.25, 0.3) is 0 Å². The van der Waals surface area contributed by atoms with E-state index in [2.05, 4.69) is 41.6 Å². The summed E-state index contributed by atoms with van der Waals surface area (Å²) < 4.78 is 5.82. The second kappa shape index (κ2) is 6.46. The molecule has 0 saturated heterocycles. The van der Waals surface area contributed by atoms with Crippen LogP contribution in [0.25, 0.3) is 0 Å². The second-order valence-corrected chi connectivity index (χ2v) is 13.8. The molecule has 0 aliphatic carbocycles. The normalized spacial score (nSPS) is 17.0. The minimum absolute atomic E-state index is 0.129. The predicted molar refractivity (Wildman–Crippen MR) is 98.6 cm³/mol. The zero-order chi connectivity index (χ0) is 16.5. The molecule has 0 fully saturated rings. The lowest BCUT2D eigenvalue weighted by Crippen LogP contribution is -2.38. The standard InChI is InChI=1S/C17H26BrNO2Si/c1-17(2)15-13(11-18)7-6-8-14(15)19(16(17)20)12-21-9-10-22(3,4)5/h6-8H,9-12H2,1-5H3. The van der Waals surface area contributed by atoms with Gasteiger partial charge in [0.2, 0.25) is 5.91 Å². The van der Waals surface area contributed by atoms with Crippen molar-refractivity contribution in [2.24, 2.45) is 0 Å². The number of nitrogens with zero attached hydrogens (tertiary/aromatic N) is 1. The summed E-state index contributed by atoms with van der Waals surface area (Å²) in [5, 5.41) is 0.761. The van der Waals surface area contributed by atoms with E-state index < -0.39 is 13.5 Å². The van der Waals surface area contributed by atoms with Gasteiger partial charge >= 0.3 is 0 Å². The molecule has 0 radical (unpaired) electrons. The third-order valence-electron chi connectivity index (χ3n) is 4.19. The van der Waals surface area contributed by atoms with Gasteiger partial charge in [0.15, 0.2) is 0 Å². The molecule has 0 N–H and O–H groups in total. The van der Waals surface area contributed by atoms with Crippen molar-refractivity contribution in [1.82, 2.24) is 0 Å². The Bertz CT molecular complexity index is 566. The number of carbonyl (C=O) groups is 1. The maximum Gasteiger partial charge on any atom is 0.239 e. The molecule has 0 bridgehead atoms. The number of benzene rings is 1. The van der Waals surface area contributed by atoms with Gasteiger partial charge in [-0.05, 0) is 37.1 Å². The minimum atomic E-state index is -1.10. The average molecular weight is 384 g/mol. The van der Waals surface area contributed by atoms with E-state index in [1.54, 1.807) is 4.90 Å². The molecule has 0 atom stereocenters. The lowest BCUT2D eigenvalue weighted by molar-refractivity contribution is -0.123. The van der Waals surface area contributed by atoms with Gasteiger partial charge < -0.3 is 4.74 Å². The van der Waals surface area contributed by atoms with Gasteiger partial charge in [-0.3, -0.25) is 9.69 Å². The molecule has 1 amide bonds. The highest BCUT2D eigenvalue weighted by Gasteiger charge is 2.45. The number of rotatable bonds is 6. The van der Waals surface area contributed by atoms with Gasteiger partial charge in [-0.15, -0.1) is 0 Å². The summed E-state index contributed by atoms with van der Waals surface area (Å²) in [5.41, 5.74) is 2.83. The van der Waals surface area contributed by atoms with Crippen molar-refractivity contribution >= 4 is 35.6 Å². The number of halogens is 1. The maximum atomic E-state index is 12.8. The van der Waals surface area contributed by atoms with Crippen LogP contribution < -0.4 is 4.90 Å². The molecule has 0 aromatic heterocycles. The molecule has 1 heterocycles. The van der Waals surface area contributed by atoms with E-state index in [1.165, 1.54) is 5.56 Å². The van der Waals surface area contributed by atoms with Crippen molar-refractivity contribution in [3.8, 4) is 0 Å². The fourth-order valence-electron chi connectivity index (χ4n) is 2.86. The first-order chi connectivity index (χ1) is 10.2. The molecule has 22 heavy (non-hydrogen) atoms. The number of ether oxygens (including phenoxy) is 1. The first-order valence-corrected chi connectivity index (χ1v) is 12.6.